The van der Waals surface area contributed by atoms with E-state index >= 15 is 0 Å². The summed E-state index contributed by atoms with van der Waals surface area (Å²) < 4.78 is 2.03. The Morgan fingerprint density at radius 3 is 3.15 bits per heavy atom. The predicted molar refractivity (Wildman–Crippen MR) is 48.4 cm³/mol. The summed E-state index contributed by atoms with van der Waals surface area (Å²) in [6.07, 6.45) is 1.02. The van der Waals surface area contributed by atoms with Crippen LogP contribution in [0.3, 0.4) is 0 Å². The second-order valence-electron chi connectivity index (χ2n) is 3.47. The van der Waals surface area contributed by atoms with Gasteiger partial charge < -0.3 is 0 Å². The van der Waals surface area contributed by atoms with E-state index in [-0.39, 0.29) is 5.91 Å². The fourth-order valence-corrected chi connectivity index (χ4v) is 1.79. The van der Waals surface area contributed by atoms with Crippen LogP contribution in [0.15, 0.2) is 6.07 Å². The highest BCUT2D eigenvalue weighted by Crippen LogP contribution is 2.14. The van der Waals surface area contributed by atoms with Crippen LogP contribution in [-0.2, 0) is 11.3 Å². The molecule has 1 aromatic heterocycles. The first-order chi connectivity index (χ1) is 6.18. The van der Waals surface area contributed by atoms with Crippen molar-refractivity contribution in [2.45, 2.75) is 26.8 Å². The van der Waals surface area contributed by atoms with E-state index < -0.39 is 0 Å². The van der Waals surface area contributed by atoms with Gasteiger partial charge in [-0.1, -0.05) is 0 Å². The molecule has 4 heteroatoms. The number of aryl methyl sites for hydroxylation is 2. The second kappa shape index (κ2) is 2.87. The Hall–Kier alpha value is -1.32. The van der Waals surface area contributed by atoms with Gasteiger partial charge in [0.1, 0.15) is 6.54 Å². The first-order valence-corrected chi connectivity index (χ1v) is 4.56. The van der Waals surface area contributed by atoms with Gasteiger partial charge >= 0.3 is 11.7 Å². The quantitative estimate of drug-likeness (QED) is 0.576. The molecule has 0 aliphatic carbocycles. The molecule has 0 radical (unpaired) electrons. The van der Waals surface area contributed by atoms with E-state index in [1.807, 2.05) is 22.6 Å². The van der Waals surface area contributed by atoms with Crippen molar-refractivity contribution in [1.82, 2.24) is 5.10 Å². The molecule has 0 atom stereocenters. The zero-order chi connectivity index (χ0) is 9.42. The lowest BCUT2D eigenvalue weighted by molar-refractivity contribution is -0.741. The van der Waals surface area contributed by atoms with E-state index in [4.69, 9.17) is 0 Å². The molecule has 4 nitrogen and oxygen atoms in total. The molecule has 0 saturated carbocycles. The maximum atomic E-state index is 11.3. The monoisotopic (exact) mass is 180 g/mol. The number of carbonyl (C=O) groups is 1. The number of nitrogens with one attached hydrogen (secondary N) is 1. The number of rotatable bonds is 0. The molecular weight excluding hydrogens is 166 g/mol. The van der Waals surface area contributed by atoms with Gasteiger partial charge in [-0.05, 0) is 6.92 Å². The summed E-state index contributed by atoms with van der Waals surface area (Å²) in [4.78, 5) is 13.1. The maximum Gasteiger partial charge on any atom is 0.306 e. The first kappa shape index (κ1) is 8.29. The van der Waals surface area contributed by atoms with E-state index in [9.17, 15) is 4.79 Å². The minimum absolute atomic E-state index is 0.118. The number of hydrogen-bond acceptors (Lipinski definition) is 1. The Bertz CT molecular complexity index is 343. The number of aromatic nitrogens is 2. The summed E-state index contributed by atoms with van der Waals surface area (Å²) in [5.41, 5.74) is 1.10. The largest absolute Gasteiger partial charge is 0.306 e. The standard InChI is InChI=1S/C9H13N3O/c1-7-6-9-11(8(2)13)4-3-5-12(9)10-7/h6H,3-5H2,1-2H3/p+1. The summed E-state index contributed by atoms with van der Waals surface area (Å²) in [6.45, 7) is 5.43. The second-order valence-corrected chi connectivity index (χ2v) is 3.47. The molecule has 0 bridgehead atoms. The SMILES string of the molecule is CC(=O)N1CCC[n+]2[nH]c(C)cc21. The fraction of sp³-hybridized carbons (Fsp3) is 0.556. The van der Waals surface area contributed by atoms with E-state index in [0.717, 1.165) is 31.0 Å². The third kappa shape index (κ3) is 1.32. The van der Waals surface area contributed by atoms with Gasteiger partial charge in [-0.3, -0.25) is 0 Å². The molecule has 1 aromatic rings. The molecule has 2 heterocycles. The zero-order valence-electron chi connectivity index (χ0n) is 8.00. The van der Waals surface area contributed by atoms with Crippen molar-refractivity contribution in [1.29, 1.82) is 0 Å². The van der Waals surface area contributed by atoms with Gasteiger partial charge in [0.25, 0.3) is 0 Å². The van der Waals surface area contributed by atoms with Gasteiger partial charge in [-0.25, -0.2) is 9.89 Å². The number of fused-ring (bicyclic) bond motifs is 1. The number of nitrogens with zero attached hydrogens (tertiary/aromatic N) is 2. The van der Waals surface area contributed by atoms with Gasteiger partial charge in [-0.2, -0.15) is 9.58 Å². The number of aromatic amines is 1. The number of amides is 1. The van der Waals surface area contributed by atoms with Gasteiger partial charge in [0.15, 0.2) is 0 Å². The summed E-state index contributed by atoms with van der Waals surface area (Å²) in [6, 6.07) is 2.01. The molecular formula is C9H14N3O+. The number of carbonyl (C=O) groups excluding carboxylic acids is 1. The Kier molecular flexibility index (Phi) is 1.83. The Morgan fingerprint density at radius 1 is 1.69 bits per heavy atom. The van der Waals surface area contributed by atoms with Crippen LogP contribution in [0.5, 0.6) is 0 Å². The van der Waals surface area contributed by atoms with Crippen molar-refractivity contribution in [3.8, 4) is 0 Å². The minimum atomic E-state index is 0.118. The highest BCUT2D eigenvalue weighted by atomic mass is 16.2. The molecule has 1 N–H and O–H groups in total. The molecule has 0 saturated heterocycles. The molecule has 13 heavy (non-hydrogen) atoms. The van der Waals surface area contributed by atoms with Crippen molar-refractivity contribution < 1.29 is 9.48 Å². The van der Waals surface area contributed by atoms with Crippen LogP contribution >= 0.6 is 0 Å². The summed E-state index contributed by atoms with van der Waals surface area (Å²) in [5, 5.41) is 3.20. The van der Waals surface area contributed by atoms with Crippen molar-refractivity contribution in [2.75, 3.05) is 11.4 Å². The predicted octanol–water partition coefficient (Wildman–Crippen LogP) is 0.367. The maximum absolute atomic E-state index is 11.3. The molecule has 70 valence electrons. The normalized spacial score (nSPS) is 15.7. The lowest BCUT2D eigenvalue weighted by atomic mass is 10.3. The third-order valence-corrected chi connectivity index (χ3v) is 2.35. The third-order valence-electron chi connectivity index (χ3n) is 2.35. The van der Waals surface area contributed by atoms with Crippen LogP contribution in [0.4, 0.5) is 5.82 Å². The van der Waals surface area contributed by atoms with Gasteiger partial charge in [-0.15, -0.1) is 0 Å². The topological polar surface area (TPSA) is 40.0 Å². The van der Waals surface area contributed by atoms with Crippen LogP contribution in [-0.4, -0.2) is 17.6 Å². The van der Waals surface area contributed by atoms with E-state index in [1.165, 1.54) is 0 Å². The number of hydrogen-bond donors (Lipinski definition) is 1. The summed E-state index contributed by atoms with van der Waals surface area (Å²) in [7, 11) is 0. The van der Waals surface area contributed by atoms with E-state index in [0.29, 0.717) is 0 Å². The molecule has 1 amide bonds. The fourth-order valence-electron chi connectivity index (χ4n) is 1.79. The zero-order valence-corrected chi connectivity index (χ0v) is 8.00. The van der Waals surface area contributed by atoms with Gasteiger partial charge in [0.2, 0.25) is 0 Å². The Labute approximate surface area is 77.1 Å². The van der Waals surface area contributed by atoms with Crippen molar-refractivity contribution in [3.05, 3.63) is 11.8 Å². The lowest BCUT2D eigenvalue weighted by Crippen LogP contribution is -2.50. The molecule has 1 aliphatic rings. The highest BCUT2D eigenvalue weighted by molar-refractivity contribution is 5.89. The van der Waals surface area contributed by atoms with Crippen molar-refractivity contribution in [2.24, 2.45) is 0 Å². The average molecular weight is 180 g/mol. The van der Waals surface area contributed by atoms with Gasteiger partial charge in [0, 0.05) is 13.3 Å². The van der Waals surface area contributed by atoms with Crippen LogP contribution in [0.2, 0.25) is 0 Å². The summed E-state index contributed by atoms with van der Waals surface area (Å²) in [5.74, 6) is 1.11. The van der Waals surface area contributed by atoms with Crippen LogP contribution in [0.25, 0.3) is 0 Å². The number of anilines is 1. The van der Waals surface area contributed by atoms with Gasteiger partial charge in [0.05, 0.1) is 18.3 Å². The Balaban J connectivity index is 2.41. The minimum Gasteiger partial charge on any atom is -0.247 e. The Morgan fingerprint density at radius 2 is 2.46 bits per heavy atom. The van der Waals surface area contributed by atoms with Crippen LogP contribution < -0.4 is 9.58 Å². The molecule has 0 spiro atoms. The highest BCUT2D eigenvalue weighted by Gasteiger charge is 2.29. The molecule has 0 fully saturated rings. The first-order valence-electron chi connectivity index (χ1n) is 4.56. The van der Waals surface area contributed by atoms with Crippen molar-refractivity contribution >= 4 is 11.7 Å². The van der Waals surface area contributed by atoms with Crippen LogP contribution in [0.1, 0.15) is 19.0 Å². The summed E-state index contributed by atoms with van der Waals surface area (Å²) >= 11 is 0. The lowest BCUT2D eigenvalue weighted by Gasteiger charge is -2.17. The van der Waals surface area contributed by atoms with Crippen LogP contribution in [0, 0.1) is 6.92 Å². The van der Waals surface area contributed by atoms with E-state index in [1.54, 1.807) is 6.92 Å². The molecule has 2 rings (SSSR count). The smallest absolute Gasteiger partial charge is 0.247 e. The molecule has 1 aliphatic heterocycles. The number of H-pyrrole nitrogens is 1. The molecule has 0 aromatic carbocycles. The van der Waals surface area contributed by atoms with Crippen molar-refractivity contribution in [3.63, 3.8) is 0 Å². The van der Waals surface area contributed by atoms with E-state index in [2.05, 4.69) is 5.10 Å². The average Bonchev–Trinajstić information content (AvgIpc) is 2.43. The molecule has 0 unspecified atom stereocenters.